The van der Waals surface area contributed by atoms with Crippen molar-refractivity contribution < 1.29 is 27.7 Å². The van der Waals surface area contributed by atoms with E-state index in [1.807, 2.05) is 20.8 Å². The van der Waals surface area contributed by atoms with Crippen LogP contribution in [-0.4, -0.2) is 38.4 Å². The van der Waals surface area contributed by atoms with Crippen LogP contribution in [0.3, 0.4) is 0 Å². The fourth-order valence-corrected chi connectivity index (χ4v) is 5.22. The highest BCUT2D eigenvalue weighted by Crippen LogP contribution is 2.29. The van der Waals surface area contributed by atoms with Gasteiger partial charge in [0.1, 0.15) is 5.69 Å². The van der Waals surface area contributed by atoms with E-state index >= 15 is 0 Å². The number of aryl methyl sites for hydroxylation is 1. The highest BCUT2D eigenvalue weighted by molar-refractivity contribution is 7.89. The Morgan fingerprint density at radius 1 is 0.971 bits per heavy atom. The average molecular weight is 492 g/mol. The smallest absolute Gasteiger partial charge is 0.307 e. The Morgan fingerprint density at radius 3 is 2.09 bits per heavy atom. The van der Waals surface area contributed by atoms with Crippen molar-refractivity contribution in [1.82, 2.24) is 4.72 Å². The van der Waals surface area contributed by atoms with E-state index in [0.29, 0.717) is 16.7 Å². The first-order chi connectivity index (χ1) is 15.8. The van der Waals surface area contributed by atoms with Crippen molar-refractivity contribution in [2.24, 2.45) is 0 Å². The first-order valence-corrected chi connectivity index (χ1v) is 12.0. The standard InChI is InChI=1S/C23H29N3O7S/c1-13-8-7-9-19(26(29)30)22(13)25-20(27)12-33-21(28)10-11-24-34(31,32)23-17(5)15(3)14(2)16(4)18(23)6/h7-9,24H,10-12H2,1-6H3,(H,25,27). The number of benzene rings is 2. The van der Waals surface area contributed by atoms with Crippen LogP contribution >= 0.6 is 0 Å². The number of rotatable bonds is 9. The number of anilines is 1. The van der Waals surface area contributed by atoms with Crippen LogP contribution in [0.4, 0.5) is 11.4 Å². The molecule has 0 aromatic heterocycles. The molecule has 0 aliphatic heterocycles. The van der Waals surface area contributed by atoms with Crippen LogP contribution in [-0.2, 0) is 24.3 Å². The number of nitrogens with one attached hydrogen (secondary N) is 2. The van der Waals surface area contributed by atoms with Crippen LogP contribution in [0.25, 0.3) is 0 Å². The lowest BCUT2D eigenvalue weighted by Crippen LogP contribution is -2.29. The lowest BCUT2D eigenvalue weighted by atomic mass is 9.95. The molecule has 0 saturated heterocycles. The molecule has 2 aromatic rings. The Bertz CT molecular complexity index is 1220. The molecule has 2 aromatic carbocycles. The maximum Gasteiger partial charge on any atom is 0.307 e. The number of nitro groups is 1. The number of hydrogen-bond donors (Lipinski definition) is 2. The quantitative estimate of drug-likeness (QED) is 0.311. The third-order valence-electron chi connectivity index (χ3n) is 5.90. The minimum absolute atomic E-state index is 0.0238. The molecule has 184 valence electrons. The molecule has 0 radical (unpaired) electrons. The molecule has 0 atom stereocenters. The number of amides is 1. The third-order valence-corrected chi connectivity index (χ3v) is 7.63. The largest absolute Gasteiger partial charge is 0.456 e. The zero-order chi connectivity index (χ0) is 25.8. The molecule has 34 heavy (non-hydrogen) atoms. The summed E-state index contributed by atoms with van der Waals surface area (Å²) >= 11 is 0. The van der Waals surface area contributed by atoms with Crippen molar-refractivity contribution in [2.45, 2.75) is 52.9 Å². The summed E-state index contributed by atoms with van der Waals surface area (Å²) < 4.78 is 33.0. The maximum atomic E-state index is 12.9. The topological polar surface area (TPSA) is 145 Å². The minimum atomic E-state index is -3.87. The highest BCUT2D eigenvalue weighted by atomic mass is 32.2. The Balaban J connectivity index is 1.95. The van der Waals surface area contributed by atoms with E-state index in [2.05, 4.69) is 10.0 Å². The summed E-state index contributed by atoms with van der Waals surface area (Å²) in [4.78, 5) is 34.8. The number of ether oxygens (including phenoxy) is 1. The highest BCUT2D eigenvalue weighted by Gasteiger charge is 2.24. The Kier molecular flexibility index (Phi) is 8.51. The number of esters is 1. The molecular formula is C23H29N3O7S. The van der Waals surface area contributed by atoms with Crippen LogP contribution in [0.2, 0.25) is 0 Å². The molecule has 1 amide bonds. The van der Waals surface area contributed by atoms with Crippen molar-refractivity contribution in [3.05, 3.63) is 61.7 Å². The summed E-state index contributed by atoms with van der Waals surface area (Å²) in [6.45, 7) is 9.89. The van der Waals surface area contributed by atoms with E-state index in [-0.39, 0.29) is 29.2 Å². The van der Waals surface area contributed by atoms with E-state index in [0.717, 1.165) is 16.7 Å². The molecule has 10 nitrogen and oxygen atoms in total. The van der Waals surface area contributed by atoms with Crippen molar-refractivity contribution in [2.75, 3.05) is 18.5 Å². The molecule has 0 aliphatic rings. The summed E-state index contributed by atoms with van der Waals surface area (Å²) in [7, 11) is -3.87. The number of hydrogen-bond acceptors (Lipinski definition) is 7. The van der Waals surface area contributed by atoms with Crippen LogP contribution in [0.5, 0.6) is 0 Å². The molecule has 0 bridgehead atoms. The van der Waals surface area contributed by atoms with Gasteiger partial charge in [-0.2, -0.15) is 0 Å². The second-order valence-corrected chi connectivity index (χ2v) is 9.74. The van der Waals surface area contributed by atoms with E-state index in [1.54, 1.807) is 26.8 Å². The molecule has 0 saturated carbocycles. The van der Waals surface area contributed by atoms with Gasteiger partial charge in [0, 0.05) is 12.6 Å². The van der Waals surface area contributed by atoms with Gasteiger partial charge in [0.25, 0.3) is 11.6 Å². The summed E-state index contributed by atoms with van der Waals surface area (Å²) in [5, 5.41) is 13.5. The maximum absolute atomic E-state index is 12.9. The van der Waals surface area contributed by atoms with Gasteiger partial charge >= 0.3 is 5.97 Å². The number of nitro benzene ring substituents is 1. The molecule has 2 rings (SSSR count). The van der Waals surface area contributed by atoms with Crippen LogP contribution in [0.15, 0.2) is 23.1 Å². The SMILES string of the molecule is Cc1cccc([N+](=O)[O-])c1NC(=O)COC(=O)CCNS(=O)(=O)c1c(C)c(C)c(C)c(C)c1C. The Labute approximate surface area is 198 Å². The predicted molar refractivity (Wildman–Crippen MR) is 127 cm³/mol. The van der Waals surface area contributed by atoms with Gasteiger partial charge in [-0.05, 0) is 74.9 Å². The second-order valence-electron chi connectivity index (χ2n) is 8.04. The van der Waals surface area contributed by atoms with Crippen LogP contribution < -0.4 is 10.0 Å². The lowest BCUT2D eigenvalue weighted by Gasteiger charge is -2.19. The molecule has 0 spiro atoms. The van der Waals surface area contributed by atoms with Crippen molar-refractivity contribution in [1.29, 1.82) is 0 Å². The second kappa shape index (κ2) is 10.7. The van der Waals surface area contributed by atoms with Gasteiger partial charge in [-0.25, -0.2) is 13.1 Å². The molecule has 0 fully saturated rings. The first-order valence-electron chi connectivity index (χ1n) is 10.5. The fraction of sp³-hybridized carbons (Fsp3) is 0.391. The fourth-order valence-electron chi connectivity index (χ4n) is 3.59. The number of carbonyl (C=O) groups is 2. The van der Waals surface area contributed by atoms with Gasteiger partial charge in [0.2, 0.25) is 10.0 Å². The number of para-hydroxylation sites is 1. The van der Waals surface area contributed by atoms with Crippen LogP contribution in [0, 0.1) is 51.7 Å². The van der Waals surface area contributed by atoms with E-state index in [1.165, 1.54) is 12.1 Å². The van der Waals surface area contributed by atoms with Crippen molar-refractivity contribution in [3.63, 3.8) is 0 Å². The third kappa shape index (κ3) is 5.97. The van der Waals surface area contributed by atoms with Crippen molar-refractivity contribution in [3.8, 4) is 0 Å². The molecule has 0 unspecified atom stereocenters. The van der Waals surface area contributed by atoms with Gasteiger partial charge in [0.05, 0.1) is 16.2 Å². The zero-order valence-electron chi connectivity index (χ0n) is 20.1. The summed E-state index contributed by atoms with van der Waals surface area (Å²) in [6.07, 6.45) is -0.293. The van der Waals surface area contributed by atoms with E-state index < -0.39 is 33.4 Å². The monoisotopic (exact) mass is 491 g/mol. The first kappa shape index (κ1) is 26.9. The van der Waals surface area contributed by atoms with Gasteiger partial charge in [-0.3, -0.25) is 19.7 Å². The van der Waals surface area contributed by atoms with Gasteiger partial charge in [-0.15, -0.1) is 0 Å². The van der Waals surface area contributed by atoms with Gasteiger partial charge in [0.15, 0.2) is 6.61 Å². The lowest BCUT2D eigenvalue weighted by molar-refractivity contribution is -0.384. The predicted octanol–water partition coefficient (Wildman–Crippen LogP) is 3.30. The van der Waals surface area contributed by atoms with E-state index in [9.17, 15) is 28.1 Å². The van der Waals surface area contributed by atoms with Crippen LogP contribution in [0.1, 0.15) is 39.8 Å². The molecule has 0 aliphatic carbocycles. The molecule has 2 N–H and O–H groups in total. The summed E-state index contributed by atoms with van der Waals surface area (Å²) in [5.41, 5.74) is 4.35. The van der Waals surface area contributed by atoms with Crippen molar-refractivity contribution >= 4 is 33.3 Å². The zero-order valence-corrected chi connectivity index (χ0v) is 20.9. The van der Waals surface area contributed by atoms with E-state index in [4.69, 9.17) is 4.74 Å². The Hall–Kier alpha value is -3.31. The normalized spacial score (nSPS) is 11.2. The number of nitrogens with zero attached hydrogens (tertiary/aromatic N) is 1. The number of sulfonamides is 1. The number of carbonyl (C=O) groups excluding carboxylic acids is 2. The Morgan fingerprint density at radius 2 is 1.53 bits per heavy atom. The summed E-state index contributed by atoms with van der Waals surface area (Å²) in [5.74, 6) is -1.54. The summed E-state index contributed by atoms with van der Waals surface area (Å²) in [6, 6.07) is 4.34. The average Bonchev–Trinajstić information content (AvgIpc) is 2.76. The van der Waals surface area contributed by atoms with Gasteiger partial charge in [-0.1, -0.05) is 12.1 Å². The molecular weight excluding hydrogens is 462 g/mol. The minimum Gasteiger partial charge on any atom is -0.456 e. The molecule has 0 heterocycles. The van der Waals surface area contributed by atoms with Gasteiger partial charge < -0.3 is 10.1 Å². The molecule has 11 heteroatoms.